The Morgan fingerprint density at radius 1 is 1.02 bits per heavy atom. The number of rotatable bonds is 10. The number of pyridine rings is 1. The molecule has 3 aromatic rings. The van der Waals surface area contributed by atoms with Crippen molar-refractivity contribution in [3.8, 4) is 11.1 Å². The number of aromatic nitrogens is 1. The Hall–Kier alpha value is -3.59. The van der Waals surface area contributed by atoms with Crippen LogP contribution in [-0.2, 0) is 21.0 Å². The van der Waals surface area contributed by atoms with Crippen LogP contribution in [0.1, 0.15) is 69.8 Å². The molecule has 1 saturated heterocycles. The van der Waals surface area contributed by atoms with E-state index in [1.54, 1.807) is 31.2 Å². The minimum Gasteiger partial charge on any atom is -0.465 e. The number of fused-ring (bicyclic) bond motifs is 1. The lowest BCUT2D eigenvalue weighted by Gasteiger charge is -2.39. The predicted octanol–water partition coefficient (Wildman–Crippen LogP) is 6.43. The summed E-state index contributed by atoms with van der Waals surface area (Å²) in [7, 11) is -6.39. The second-order valence-corrected chi connectivity index (χ2v) is 23.0. The first-order chi connectivity index (χ1) is 23.6. The quantitative estimate of drug-likeness (QED) is 0.229. The van der Waals surface area contributed by atoms with Gasteiger partial charge in [-0.1, -0.05) is 40.7 Å². The van der Waals surface area contributed by atoms with Gasteiger partial charge < -0.3 is 24.3 Å². The Balaban J connectivity index is 1.63. The van der Waals surface area contributed by atoms with Crippen LogP contribution < -0.4 is 10.9 Å². The molecular formula is C37H51FN4O7SSi. The fraction of sp³-hybridized carbons (Fsp3) is 0.541. The number of carbonyl (C=O) groups is 2. The number of nitrogens with one attached hydrogen (secondary N) is 1. The molecule has 1 saturated carbocycles. The van der Waals surface area contributed by atoms with E-state index in [0.717, 1.165) is 12.8 Å². The van der Waals surface area contributed by atoms with E-state index in [2.05, 4.69) is 39.2 Å². The lowest BCUT2D eigenvalue weighted by Crippen LogP contribution is -2.44. The third-order valence-electron chi connectivity index (χ3n) is 10.5. The molecule has 2 aliphatic rings. The van der Waals surface area contributed by atoms with Crippen molar-refractivity contribution in [2.45, 2.75) is 96.4 Å². The largest absolute Gasteiger partial charge is 0.465 e. The summed E-state index contributed by atoms with van der Waals surface area (Å²) in [6, 6.07) is 7.65. The Labute approximate surface area is 301 Å². The van der Waals surface area contributed by atoms with Gasteiger partial charge in [-0.05, 0) is 85.3 Å². The average Bonchev–Trinajstić information content (AvgIpc) is 3.88. The molecule has 0 atom stereocenters. The van der Waals surface area contributed by atoms with Crippen LogP contribution in [0.4, 0.5) is 9.18 Å². The molecule has 0 radical (unpaired) electrons. The van der Waals surface area contributed by atoms with Crippen molar-refractivity contribution in [3.63, 3.8) is 0 Å². The smallest absolute Gasteiger partial charge is 0.407 e. The summed E-state index contributed by atoms with van der Waals surface area (Å²) in [5.41, 5.74) is 0.349. The zero-order chi connectivity index (χ0) is 37.7. The number of sulfonamides is 1. The van der Waals surface area contributed by atoms with Crippen molar-refractivity contribution in [2.24, 2.45) is 5.41 Å². The van der Waals surface area contributed by atoms with Crippen LogP contribution in [-0.4, -0.2) is 86.4 Å². The van der Waals surface area contributed by atoms with Crippen LogP contribution in [0, 0.1) is 18.2 Å². The maximum atomic E-state index is 15.3. The molecule has 278 valence electrons. The standard InChI is InChI=1S/C37H51FN4O7SSi/c1-24-29(19-26(20-31(24)38)33(43)39-27-11-12-27)25-10-13-28-30(18-25)32(50(47,48)42-15-9-14-40(16-17-42)35(45)46)21-41(34(28)44)22-37(5,6)23-49-51(7,8)36(2,3)4/h10,13,18-21,27H,9,11-12,14-17,22-23H2,1-8H3,(H,39,43)(H,45,46). The van der Waals surface area contributed by atoms with E-state index in [9.17, 15) is 27.9 Å². The van der Waals surface area contributed by atoms with Crippen LogP contribution in [0.2, 0.25) is 18.1 Å². The van der Waals surface area contributed by atoms with Crippen molar-refractivity contribution < 1.29 is 31.9 Å². The number of carbonyl (C=O) groups excluding carboxylic acids is 1. The Morgan fingerprint density at radius 3 is 2.33 bits per heavy atom. The molecule has 1 aliphatic heterocycles. The third-order valence-corrected chi connectivity index (χ3v) is 16.9. The molecule has 0 bridgehead atoms. The molecule has 2 amide bonds. The highest BCUT2D eigenvalue weighted by atomic mass is 32.2. The molecular weight excluding hydrogens is 692 g/mol. The van der Waals surface area contributed by atoms with Gasteiger partial charge >= 0.3 is 6.09 Å². The third kappa shape index (κ3) is 8.40. The fourth-order valence-electron chi connectivity index (χ4n) is 6.02. The topological polar surface area (TPSA) is 138 Å². The number of amides is 2. The van der Waals surface area contributed by atoms with E-state index in [4.69, 9.17) is 4.43 Å². The first-order valence-electron chi connectivity index (χ1n) is 17.5. The number of carboxylic acid groups (broad SMARTS) is 1. The van der Waals surface area contributed by atoms with Crippen molar-refractivity contribution in [1.82, 2.24) is 19.1 Å². The van der Waals surface area contributed by atoms with E-state index < -0.39 is 35.7 Å². The number of nitrogens with zero attached hydrogens (tertiary/aromatic N) is 3. The van der Waals surface area contributed by atoms with Crippen molar-refractivity contribution in [3.05, 3.63) is 63.8 Å². The van der Waals surface area contributed by atoms with Gasteiger partial charge in [-0.25, -0.2) is 17.6 Å². The molecule has 51 heavy (non-hydrogen) atoms. The van der Waals surface area contributed by atoms with Crippen LogP contribution in [0.5, 0.6) is 0 Å². The van der Waals surface area contributed by atoms with Gasteiger partial charge in [0.05, 0.1) is 0 Å². The summed E-state index contributed by atoms with van der Waals surface area (Å²) in [6.45, 7) is 17.1. The maximum Gasteiger partial charge on any atom is 0.407 e. The second-order valence-electron chi connectivity index (χ2n) is 16.3. The first-order valence-corrected chi connectivity index (χ1v) is 21.9. The van der Waals surface area contributed by atoms with Gasteiger partial charge in [-0.2, -0.15) is 4.31 Å². The fourth-order valence-corrected chi connectivity index (χ4v) is 8.88. The minimum absolute atomic E-state index is 0.00336. The van der Waals surface area contributed by atoms with Gasteiger partial charge in [0.1, 0.15) is 10.7 Å². The van der Waals surface area contributed by atoms with Gasteiger partial charge in [0.25, 0.3) is 11.5 Å². The van der Waals surface area contributed by atoms with E-state index in [-0.39, 0.29) is 82.1 Å². The van der Waals surface area contributed by atoms with Crippen molar-refractivity contribution >= 4 is 41.1 Å². The highest BCUT2D eigenvalue weighted by molar-refractivity contribution is 7.89. The van der Waals surface area contributed by atoms with Crippen LogP contribution in [0.25, 0.3) is 21.9 Å². The molecule has 11 nitrogen and oxygen atoms in total. The summed E-state index contributed by atoms with van der Waals surface area (Å²) in [4.78, 5) is 39.8. The molecule has 5 rings (SSSR count). The predicted molar refractivity (Wildman–Crippen MR) is 199 cm³/mol. The first kappa shape index (κ1) is 38.6. The summed E-state index contributed by atoms with van der Waals surface area (Å²) in [5.74, 6) is -0.965. The Morgan fingerprint density at radius 2 is 1.71 bits per heavy atom. The normalized spacial score (nSPS) is 16.7. The molecule has 1 aromatic heterocycles. The maximum absolute atomic E-state index is 15.3. The minimum atomic E-state index is -4.26. The molecule has 2 aromatic carbocycles. The average molecular weight is 743 g/mol. The van der Waals surface area contributed by atoms with Crippen molar-refractivity contribution in [2.75, 3.05) is 32.8 Å². The van der Waals surface area contributed by atoms with Gasteiger partial charge in [-0.3, -0.25) is 9.59 Å². The van der Waals surface area contributed by atoms with Gasteiger partial charge in [0.2, 0.25) is 10.0 Å². The van der Waals surface area contributed by atoms with Crippen LogP contribution in [0.3, 0.4) is 0 Å². The SMILES string of the molecule is Cc1c(F)cc(C(=O)NC2CC2)cc1-c1ccc2c(=O)n(CC(C)(C)CO[Si](C)(C)C(C)(C)C)cc(S(=O)(=O)N3CCCN(C(=O)O)CC3)c2c1. The van der Waals surface area contributed by atoms with E-state index in [1.165, 1.54) is 26.0 Å². The Kier molecular flexibility index (Phi) is 10.7. The lowest BCUT2D eigenvalue weighted by atomic mass is 9.94. The van der Waals surface area contributed by atoms with Crippen LogP contribution in [0.15, 0.2) is 46.2 Å². The summed E-state index contributed by atoms with van der Waals surface area (Å²) in [5, 5.41) is 12.8. The monoisotopic (exact) mass is 742 g/mol. The zero-order valence-electron chi connectivity index (χ0n) is 30.9. The zero-order valence-corrected chi connectivity index (χ0v) is 32.7. The summed E-state index contributed by atoms with van der Waals surface area (Å²) in [6.07, 6.45) is 2.32. The van der Waals surface area contributed by atoms with Gasteiger partial charge in [0.15, 0.2) is 8.32 Å². The number of hydrogen-bond donors (Lipinski definition) is 2. The highest BCUT2D eigenvalue weighted by Gasteiger charge is 2.39. The molecule has 0 unspecified atom stereocenters. The number of halogens is 1. The molecule has 1 aliphatic carbocycles. The van der Waals surface area contributed by atoms with E-state index >= 15 is 4.39 Å². The lowest BCUT2D eigenvalue weighted by molar-refractivity contribution is 0.0950. The molecule has 2 N–H and O–H groups in total. The summed E-state index contributed by atoms with van der Waals surface area (Å²) < 4.78 is 53.6. The second kappa shape index (κ2) is 14.1. The Bertz CT molecular complexity index is 2020. The highest BCUT2D eigenvalue weighted by Crippen LogP contribution is 2.38. The molecule has 0 spiro atoms. The summed E-state index contributed by atoms with van der Waals surface area (Å²) >= 11 is 0. The van der Waals surface area contributed by atoms with E-state index in [0.29, 0.717) is 24.2 Å². The van der Waals surface area contributed by atoms with Gasteiger partial charge in [-0.15, -0.1) is 0 Å². The number of benzene rings is 2. The van der Waals surface area contributed by atoms with Crippen LogP contribution >= 0.6 is 0 Å². The molecule has 14 heteroatoms. The molecule has 2 fully saturated rings. The van der Waals surface area contributed by atoms with Crippen molar-refractivity contribution in [1.29, 1.82) is 0 Å². The van der Waals surface area contributed by atoms with Gasteiger partial charge in [0, 0.05) is 73.3 Å². The number of hydrogen-bond acceptors (Lipinski definition) is 6. The molecule has 2 heterocycles. The van der Waals surface area contributed by atoms with E-state index in [1.807, 2.05) is 13.8 Å².